The summed E-state index contributed by atoms with van der Waals surface area (Å²) >= 11 is 1.73. The van der Waals surface area contributed by atoms with E-state index in [-0.39, 0.29) is 5.54 Å². The van der Waals surface area contributed by atoms with Crippen LogP contribution in [0, 0.1) is 6.92 Å². The number of hydrogen-bond acceptors (Lipinski definition) is 4. The molecule has 1 unspecified atom stereocenters. The molecule has 1 atom stereocenters. The highest BCUT2D eigenvalue weighted by Gasteiger charge is 2.45. The fourth-order valence-electron chi connectivity index (χ4n) is 4.44. The topological polar surface area (TPSA) is 36.4 Å². The molecule has 2 saturated heterocycles. The van der Waals surface area contributed by atoms with Crippen LogP contribution in [0.5, 0.6) is 0 Å². The Kier molecular flexibility index (Phi) is 5.09. The minimum atomic E-state index is 0.0552. The Morgan fingerprint density at radius 2 is 1.96 bits per heavy atom. The Balaban J connectivity index is 1.46. The molecule has 26 heavy (non-hydrogen) atoms. The molecule has 4 nitrogen and oxygen atoms in total. The van der Waals surface area contributed by atoms with Gasteiger partial charge in [-0.1, -0.05) is 29.8 Å². The van der Waals surface area contributed by atoms with E-state index >= 15 is 0 Å². The summed E-state index contributed by atoms with van der Waals surface area (Å²) in [5.74, 6) is 0.332. The molecule has 0 N–H and O–H groups in total. The van der Waals surface area contributed by atoms with Crippen molar-refractivity contribution in [3.8, 4) is 0 Å². The summed E-state index contributed by atoms with van der Waals surface area (Å²) in [5.41, 5.74) is 2.57. The second-order valence-corrected chi connectivity index (χ2v) is 8.72. The molecule has 0 aliphatic carbocycles. The predicted octanol–water partition coefficient (Wildman–Crippen LogP) is 4.00. The zero-order valence-electron chi connectivity index (χ0n) is 15.5. The van der Waals surface area contributed by atoms with E-state index in [9.17, 15) is 4.79 Å². The Morgan fingerprint density at radius 3 is 2.73 bits per heavy atom. The molecule has 138 valence electrons. The first-order valence-electron chi connectivity index (χ1n) is 9.61. The zero-order chi connectivity index (χ0) is 18.0. The van der Waals surface area contributed by atoms with Gasteiger partial charge >= 0.3 is 0 Å². The van der Waals surface area contributed by atoms with Gasteiger partial charge in [-0.2, -0.15) is 0 Å². The molecule has 3 heterocycles. The van der Waals surface area contributed by atoms with E-state index in [1.165, 1.54) is 16.1 Å². The van der Waals surface area contributed by atoms with Crippen molar-refractivity contribution in [3.63, 3.8) is 0 Å². The van der Waals surface area contributed by atoms with Crippen LogP contribution in [0.4, 0.5) is 0 Å². The van der Waals surface area contributed by atoms with Crippen molar-refractivity contribution in [3.05, 3.63) is 52.0 Å². The highest BCUT2D eigenvalue weighted by molar-refractivity contribution is 7.09. The van der Waals surface area contributed by atoms with E-state index < -0.39 is 0 Å². The molecule has 0 saturated carbocycles. The maximum Gasteiger partial charge on any atom is 0.223 e. The number of aryl methyl sites for hydroxylation is 1. The molecule has 1 aromatic carbocycles. The predicted molar refractivity (Wildman–Crippen MR) is 105 cm³/mol. The van der Waals surface area contributed by atoms with Crippen molar-refractivity contribution in [2.24, 2.45) is 0 Å². The van der Waals surface area contributed by atoms with Gasteiger partial charge in [-0.3, -0.25) is 9.69 Å². The monoisotopic (exact) mass is 369 g/mol. The number of benzene rings is 1. The molecular weight excluding hydrogens is 342 g/mol. The van der Waals surface area contributed by atoms with Crippen LogP contribution < -0.4 is 0 Å². The number of hydrogen-bond donors (Lipinski definition) is 0. The summed E-state index contributed by atoms with van der Waals surface area (Å²) in [4.78, 5) is 21.8. The average molecular weight is 370 g/mol. The van der Waals surface area contributed by atoms with Crippen molar-refractivity contribution in [1.29, 1.82) is 0 Å². The molecule has 2 aliphatic heterocycles. The fourth-order valence-corrected chi connectivity index (χ4v) is 5.10. The van der Waals surface area contributed by atoms with Crippen LogP contribution in [-0.2, 0) is 17.9 Å². The first-order chi connectivity index (χ1) is 12.6. The summed E-state index contributed by atoms with van der Waals surface area (Å²) in [6, 6.07) is 8.62. The molecule has 2 aliphatic rings. The van der Waals surface area contributed by atoms with Gasteiger partial charge in [0.05, 0.1) is 6.54 Å². The fraction of sp³-hybridized carbons (Fsp3) is 0.524. The van der Waals surface area contributed by atoms with Crippen molar-refractivity contribution in [2.75, 3.05) is 13.1 Å². The number of nitrogens with zero attached hydrogens (tertiary/aromatic N) is 3. The zero-order valence-corrected chi connectivity index (χ0v) is 16.3. The first kappa shape index (κ1) is 17.7. The maximum absolute atomic E-state index is 12.7. The van der Waals surface area contributed by atoms with Gasteiger partial charge in [0.2, 0.25) is 5.91 Å². The number of carbonyl (C=O) groups excluding carboxylic acids is 1. The quantitative estimate of drug-likeness (QED) is 0.817. The van der Waals surface area contributed by atoms with Crippen molar-refractivity contribution < 1.29 is 4.79 Å². The SMILES string of the molecule is Cc1ccc(CN2C(=O)CCC23CCCN(Cc2nccs2)CC3)cc1. The molecule has 4 rings (SSSR count). The van der Waals surface area contributed by atoms with Gasteiger partial charge in [0.25, 0.3) is 0 Å². The van der Waals surface area contributed by atoms with E-state index in [4.69, 9.17) is 0 Å². The maximum atomic E-state index is 12.7. The molecule has 1 aromatic heterocycles. The summed E-state index contributed by atoms with van der Waals surface area (Å²) in [6.07, 6.45) is 6.97. The van der Waals surface area contributed by atoms with Crippen molar-refractivity contribution >= 4 is 17.2 Å². The van der Waals surface area contributed by atoms with E-state index in [0.29, 0.717) is 12.3 Å². The molecule has 5 heteroatoms. The van der Waals surface area contributed by atoms with Gasteiger partial charge in [0, 0.05) is 36.6 Å². The summed E-state index contributed by atoms with van der Waals surface area (Å²) in [5, 5.41) is 3.24. The lowest BCUT2D eigenvalue weighted by Crippen LogP contribution is -2.45. The highest BCUT2D eigenvalue weighted by atomic mass is 32.1. The minimum absolute atomic E-state index is 0.0552. The lowest BCUT2D eigenvalue weighted by molar-refractivity contribution is -0.132. The molecule has 2 aromatic rings. The smallest absolute Gasteiger partial charge is 0.223 e. The number of aromatic nitrogens is 1. The average Bonchev–Trinajstić information content (AvgIpc) is 3.19. The number of rotatable bonds is 4. The number of carbonyl (C=O) groups is 1. The molecule has 1 spiro atoms. The molecule has 0 bridgehead atoms. The molecule has 0 radical (unpaired) electrons. The molecule has 1 amide bonds. The third-order valence-electron chi connectivity index (χ3n) is 5.99. The second-order valence-electron chi connectivity index (χ2n) is 7.75. The minimum Gasteiger partial charge on any atom is -0.333 e. The Labute approximate surface area is 159 Å². The highest BCUT2D eigenvalue weighted by Crippen LogP contribution is 2.40. The van der Waals surface area contributed by atoms with Gasteiger partial charge in [-0.25, -0.2) is 4.98 Å². The Bertz CT molecular complexity index is 743. The summed E-state index contributed by atoms with van der Waals surface area (Å²) in [7, 11) is 0. The van der Waals surface area contributed by atoms with Gasteiger partial charge in [-0.05, 0) is 44.7 Å². The lowest BCUT2D eigenvalue weighted by Gasteiger charge is -2.38. The summed E-state index contributed by atoms with van der Waals surface area (Å²) in [6.45, 7) is 5.96. The van der Waals surface area contributed by atoms with Gasteiger partial charge in [0.1, 0.15) is 5.01 Å². The van der Waals surface area contributed by atoms with Crippen LogP contribution in [-0.4, -0.2) is 39.3 Å². The summed E-state index contributed by atoms with van der Waals surface area (Å²) < 4.78 is 0. The van der Waals surface area contributed by atoms with Crippen LogP contribution >= 0.6 is 11.3 Å². The van der Waals surface area contributed by atoms with Crippen LogP contribution in [0.1, 0.15) is 48.2 Å². The third-order valence-corrected chi connectivity index (χ3v) is 6.76. The van der Waals surface area contributed by atoms with Crippen LogP contribution in [0.15, 0.2) is 35.8 Å². The van der Waals surface area contributed by atoms with Crippen molar-refractivity contribution in [2.45, 2.75) is 57.7 Å². The van der Waals surface area contributed by atoms with Crippen LogP contribution in [0.2, 0.25) is 0 Å². The Morgan fingerprint density at radius 1 is 1.12 bits per heavy atom. The van der Waals surface area contributed by atoms with E-state index in [1.807, 2.05) is 11.6 Å². The number of likely N-dealkylation sites (tertiary alicyclic amines) is 2. The molecule has 2 fully saturated rings. The molecular formula is C21H27N3OS. The van der Waals surface area contributed by atoms with E-state index in [2.05, 4.69) is 46.0 Å². The van der Waals surface area contributed by atoms with E-state index in [0.717, 1.165) is 51.9 Å². The standard InChI is InChI=1S/C21H27N3OS/c1-17-3-5-18(6-4-17)15-24-20(25)7-9-21(24)8-2-12-23(13-10-21)16-19-22-11-14-26-19/h3-6,11,14H,2,7-10,12-13,15-16H2,1H3. The number of amides is 1. The Hall–Kier alpha value is -1.72. The normalized spacial score (nSPS) is 24.3. The van der Waals surface area contributed by atoms with Crippen LogP contribution in [0.25, 0.3) is 0 Å². The second kappa shape index (κ2) is 7.49. The van der Waals surface area contributed by atoms with Gasteiger partial charge in [0.15, 0.2) is 0 Å². The largest absolute Gasteiger partial charge is 0.333 e. The van der Waals surface area contributed by atoms with Gasteiger partial charge < -0.3 is 4.90 Å². The lowest BCUT2D eigenvalue weighted by atomic mass is 9.87. The number of thiazole rings is 1. The first-order valence-corrected chi connectivity index (χ1v) is 10.5. The van der Waals surface area contributed by atoms with Gasteiger partial charge in [-0.15, -0.1) is 11.3 Å². The van der Waals surface area contributed by atoms with Crippen LogP contribution in [0.3, 0.4) is 0 Å². The third kappa shape index (κ3) is 3.69. The van der Waals surface area contributed by atoms with Crippen molar-refractivity contribution in [1.82, 2.24) is 14.8 Å². The van der Waals surface area contributed by atoms with E-state index in [1.54, 1.807) is 11.3 Å².